The minimum absolute atomic E-state index is 0.00183. The first-order valence-electron chi connectivity index (χ1n) is 21.8. The molecule has 2 fully saturated rings. The van der Waals surface area contributed by atoms with Crippen LogP contribution < -0.4 is 18.9 Å². The summed E-state index contributed by atoms with van der Waals surface area (Å²) >= 11 is 5.16. The van der Waals surface area contributed by atoms with Crippen LogP contribution >= 0.6 is 24.4 Å². The second-order valence-electron chi connectivity index (χ2n) is 15.7. The van der Waals surface area contributed by atoms with E-state index >= 15 is 0 Å². The number of hydrogen-bond donors (Lipinski definition) is 1. The minimum atomic E-state index is -1.00. The average molecular weight is 926 g/mol. The number of likely N-dealkylation sites (tertiary alicyclic amines) is 2. The molecule has 6 aromatic rings. The number of para-hydroxylation sites is 2. The fraction of sp³-hybridized carbons (Fsp3) is 0.347. The van der Waals surface area contributed by atoms with Crippen molar-refractivity contribution < 1.29 is 38.7 Å². The Kier molecular flexibility index (Phi) is 14.0. The van der Waals surface area contributed by atoms with Crippen molar-refractivity contribution in [3.05, 3.63) is 125 Å². The molecule has 0 bridgehead atoms. The Morgan fingerprint density at radius 3 is 1.55 bits per heavy atom. The topological polar surface area (TPSA) is 113 Å². The van der Waals surface area contributed by atoms with E-state index in [1.54, 1.807) is 30.0 Å². The van der Waals surface area contributed by atoms with Gasteiger partial charge in [0.25, 0.3) is 11.8 Å². The Morgan fingerprint density at radius 2 is 1.12 bits per heavy atom. The summed E-state index contributed by atoms with van der Waals surface area (Å²) in [7, 11) is 5.96. The number of nitrogens with zero attached hydrogens (tertiary/aromatic N) is 6. The molecule has 0 aliphatic carbocycles. The van der Waals surface area contributed by atoms with Crippen molar-refractivity contribution in [2.75, 3.05) is 60.1 Å². The van der Waals surface area contributed by atoms with Gasteiger partial charge in [0.2, 0.25) is 0 Å². The van der Waals surface area contributed by atoms with Gasteiger partial charge in [-0.1, -0.05) is 24.3 Å². The van der Waals surface area contributed by atoms with Crippen LogP contribution in [0.1, 0.15) is 58.9 Å². The maximum Gasteiger partial charge on any atom is 0.257 e. The lowest BCUT2D eigenvalue weighted by molar-refractivity contribution is -0.00234. The summed E-state index contributed by atoms with van der Waals surface area (Å²) in [6.45, 7) is 2.28. The van der Waals surface area contributed by atoms with Gasteiger partial charge in [0, 0.05) is 99.2 Å². The van der Waals surface area contributed by atoms with Gasteiger partial charge in [0.05, 0.1) is 57.7 Å². The lowest BCUT2D eigenvalue weighted by Crippen LogP contribution is -2.49. The van der Waals surface area contributed by atoms with Gasteiger partial charge in [-0.2, -0.15) is 22.8 Å². The zero-order valence-corrected chi connectivity index (χ0v) is 39.1. The van der Waals surface area contributed by atoms with Gasteiger partial charge in [-0.25, -0.2) is 4.39 Å². The highest BCUT2D eigenvalue weighted by Gasteiger charge is 2.47. The molecule has 2 spiro atoms. The number of halogens is 2. The quantitative estimate of drug-likeness (QED) is 0.134. The fourth-order valence-corrected chi connectivity index (χ4v) is 9.69. The molecule has 12 nitrogen and oxygen atoms in total. The first-order chi connectivity index (χ1) is 32.0. The van der Waals surface area contributed by atoms with Crippen LogP contribution in [0, 0.1) is 5.82 Å². The molecule has 65 heavy (non-hydrogen) atoms. The number of ether oxygens (including phenoxy) is 4. The summed E-state index contributed by atoms with van der Waals surface area (Å²) in [6.07, 6.45) is 10.2. The highest BCUT2D eigenvalue weighted by molar-refractivity contribution is 7.98. The van der Waals surface area contributed by atoms with E-state index in [9.17, 15) is 18.4 Å². The third-order valence-electron chi connectivity index (χ3n) is 12.5. The number of carbonyl (C=O) groups excluding carboxylic acids is 2. The van der Waals surface area contributed by atoms with Crippen molar-refractivity contribution >= 4 is 36.2 Å². The lowest BCUT2D eigenvalue weighted by atomic mass is 9.81. The monoisotopic (exact) mass is 925 g/mol. The molecule has 0 atom stereocenters. The van der Waals surface area contributed by atoms with Crippen molar-refractivity contribution in [3.8, 4) is 45.5 Å². The number of alkyl halides is 1. The molecule has 6 heterocycles. The first kappa shape index (κ1) is 45.6. The standard InChI is InChI=1S/C24H25N3O3S.C23H22FN3O3.CH3F.CH4S/c1-26-22-17-6-4-5-7-20(17)30-24(19(22)15-25-26)10-12-27(13-11-24)23(28)18-9-8-16(31-3)14-21(18)29-2;1-26-21-16-5-3-4-6-19(16)30-23(18(21)14-25-26)9-11-27(12-10-23)22(28)17-8-7-15(24)13-20(17)29-2;2*1-2/h4-9,14-15H,10-13H2,1-3H3;3-8,13-14H,9-12H2,1-2H3;1H3;2H,1H3/i;;1D;. The Hall–Kier alpha value is -6.00. The smallest absolute Gasteiger partial charge is 0.257 e. The molecular weight excluding hydrogens is 871 g/mol. The minimum Gasteiger partial charge on any atom is -0.496 e. The van der Waals surface area contributed by atoms with E-state index in [0.29, 0.717) is 55.9 Å². The predicted molar refractivity (Wildman–Crippen MR) is 252 cm³/mol. The molecule has 2 aromatic heterocycles. The molecule has 4 aliphatic heterocycles. The van der Waals surface area contributed by atoms with E-state index in [-0.39, 0.29) is 17.6 Å². The number of fused-ring (bicyclic) bond motifs is 8. The number of thiol groups is 1. The maximum absolute atomic E-state index is 13.5. The van der Waals surface area contributed by atoms with Crippen molar-refractivity contribution in [3.63, 3.8) is 0 Å². The molecule has 4 aromatic carbocycles. The van der Waals surface area contributed by atoms with E-state index in [4.69, 9.17) is 20.3 Å². The van der Waals surface area contributed by atoms with Crippen LogP contribution in [0.15, 0.2) is 102 Å². The summed E-state index contributed by atoms with van der Waals surface area (Å²) < 4.78 is 56.7. The van der Waals surface area contributed by atoms with Gasteiger partial charge in [-0.15, -0.1) is 11.8 Å². The van der Waals surface area contributed by atoms with Gasteiger partial charge < -0.3 is 28.7 Å². The average Bonchev–Trinajstić information content (AvgIpc) is 3.96. The number of aromatic nitrogens is 4. The van der Waals surface area contributed by atoms with E-state index in [0.717, 1.165) is 62.9 Å². The molecule has 342 valence electrons. The van der Waals surface area contributed by atoms with E-state index in [2.05, 4.69) is 28.9 Å². The van der Waals surface area contributed by atoms with Crippen LogP contribution in [0.4, 0.5) is 8.78 Å². The number of benzene rings is 4. The van der Waals surface area contributed by atoms with Crippen molar-refractivity contribution in [2.45, 2.75) is 41.8 Å². The van der Waals surface area contributed by atoms with E-state index in [1.165, 1.54) is 25.3 Å². The van der Waals surface area contributed by atoms with Gasteiger partial charge in [0.15, 0.2) is 0 Å². The number of amides is 2. The third kappa shape index (κ3) is 8.77. The van der Waals surface area contributed by atoms with Crippen LogP contribution in [0.2, 0.25) is 0 Å². The van der Waals surface area contributed by atoms with Crippen molar-refractivity contribution in [1.29, 1.82) is 0 Å². The van der Waals surface area contributed by atoms with Crippen molar-refractivity contribution in [2.24, 2.45) is 14.1 Å². The number of carbonyl (C=O) groups is 2. The van der Waals surface area contributed by atoms with Crippen LogP contribution in [0.25, 0.3) is 22.5 Å². The van der Waals surface area contributed by atoms with Gasteiger partial charge in [0.1, 0.15) is 40.0 Å². The molecule has 0 N–H and O–H groups in total. The second-order valence-corrected chi connectivity index (χ2v) is 16.6. The zero-order chi connectivity index (χ0) is 47.2. The van der Waals surface area contributed by atoms with Gasteiger partial charge in [-0.05, 0) is 67.1 Å². The summed E-state index contributed by atoms with van der Waals surface area (Å²) in [6, 6.07) is 25.8. The second kappa shape index (κ2) is 20.0. The molecule has 0 unspecified atom stereocenters. The summed E-state index contributed by atoms with van der Waals surface area (Å²) in [5, 5.41) is 9.01. The first-order valence-corrected chi connectivity index (χ1v) is 23.2. The molecule has 2 saturated heterocycles. The molecule has 4 aliphatic rings. The number of rotatable bonds is 5. The Bertz CT molecular complexity index is 2680. The van der Waals surface area contributed by atoms with Crippen LogP contribution in [0.5, 0.6) is 23.0 Å². The maximum atomic E-state index is 13.5. The summed E-state index contributed by atoms with van der Waals surface area (Å²) in [4.78, 5) is 31.1. The van der Waals surface area contributed by atoms with Crippen LogP contribution in [-0.4, -0.2) is 101 Å². The Morgan fingerprint density at radius 1 is 0.708 bits per heavy atom. The largest absolute Gasteiger partial charge is 0.496 e. The normalized spacial score (nSPS) is 15.9. The van der Waals surface area contributed by atoms with Gasteiger partial charge in [-0.3, -0.25) is 23.3 Å². The molecular formula is C49H54F2N6O6S2. The van der Waals surface area contributed by atoms with E-state index < -0.39 is 24.2 Å². The SMILES string of the molecule is COc1cc(F)ccc1C(=O)N1CCC2(CC1)Oc1ccccc1-c1c2cnn1C.COc1cc(SC)ccc1C(=O)N1CCC2(CC1)Oc1ccccc1-c1c2cnn1C.CS.[2H]CF. The summed E-state index contributed by atoms with van der Waals surface area (Å²) in [5.74, 6) is 2.00. The number of hydrogen-bond acceptors (Lipinski definition) is 10. The molecule has 16 heteroatoms. The molecule has 2 amide bonds. The third-order valence-corrected chi connectivity index (χ3v) is 13.2. The fourth-order valence-electron chi connectivity index (χ4n) is 9.26. The number of thioether (sulfide) groups is 1. The number of aryl methyl sites for hydroxylation is 2. The van der Waals surface area contributed by atoms with Crippen LogP contribution in [-0.2, 0) is 25.3 Å². The lowest BCUT2D eigenvalue weighted by Gasteiger charge is -2.44. The van der Waals surface area contributed by atoms with E-state index in [1.807, 2.05) is 108 Å². The van der Waals surface area contributed by atoms with Crippen LogP contribution in [0.3, 0.4) is 0 Å². The van der Waals surface area contributed by atoms with Gasteiger partial charge >= 0.3 is 0 Å². The Balaban J connectivity index is 0.000000179. The molecule has 0 saturated carbocycles. The highest BCUT2D eigenvalue weighted by atomic mass is 32.2. The number of methoxy groups -OCH3 is 2. The summed E-state index contributed by atoms with van der Waals surface area (Å²) in [5.41, 5.74) is 6.46. The predicted octanol–water partition coefficient (Wildman–Crippen LogP) is 9.23. The molecule has 0 radical (unpaired) electrons. The van der Waals surface area contributed by atoms with Crippen molar-refractivity contribution in [1.82, 2.24) is 29.4 Å². The number of piperidine rings is 2. The molecule has 10 rings (SSSR count). The highest BCUT2D eigenvalue weighted by Crippen LogP contribution is 2.51. The Labute approximate surface area is 389 Å². The zero-order valence-electron chi connectivity index (χ0n) is 38.3.